The molecule has 0 spiro atoms. The van der Waals surface area contributed by atoms with Crippen molar-refractivity contribution < 1.29 is 8.42 Å². The normalized spacial score (nSPS) is 14.0. The standard InChI is InChI=1S/C11H21N3O2S2/c1-3-10(11-6-4-9-17-11)13-18(15,16)14(2)8-5-7-12/h4,6,9-10,13H,3,5,7-8,12H2,1-2H3. The Hall–Kier alpha value is -0.470. The van der Waals surface area contributed by atoms with E-state index in [-0.39, 0.29) is 6.04 Å². The molecule has 5 nitrogen and oxygen atoms in total. The summed E-state index contributed by atoms with van der Waals surface area (Å²) in [4.78, 5) is 1.04. The fourth-order valence-electron chi connectivity index (χ4n) is 1.54. The van der Waals surface area contributed by atoms with E-state index in [1.807, 2.05) is 24.4 Å². The summed E-state index contributed by atoms with van der Waals surface area (Å²) in [6.45, 7) is 2.89. The first-order valence-corrected chi connectivity index (χ1v) is 8.30. The minimum Gasteiger partial charge on any atom is -0.330 e. The summed E-state index contributed by atoms with van der Waals surface area (Å²) >= 11 is 1.56. The molecule has 0 aliphatic heterocycles. The van der Waals surface area contributed by atoms with Crippen LogP contribution in [0, 0.1) is 0 Å². The molecule has 0 radical (unpaired) electrons. The van der Waals surface area contributed by atoms with Crippen LogP contribution in [0.15, 0.2) is 17.5 Å². The van der Waals surface area contributed by atoms with Gasteiger partial charge in [0.1, 0.15) is 0 Å². The van der Waals surface area contributed by atoms with E-state index in [1.54, 1.807) is 18.4 Å². The third kappa shape index (κ3) is 4.33. The minimum atomic E-state index is -3.44. The van der Waals surface area contributed by atoms with Crippen LogP contribution in [0.5, 0.6) is 0 Å². The molecule has 0 aliphatic rings. The van der Waals surface area contributed by atoms with Gasteiger partial charge in [0.05, 0.1) is 6.04 Å². The Kier molecular flexibility index (Phi) is 6.24. The van der Waals surface area contributed by atoms with E-state index in [1.165, 1.54) is 4.31 Å². The van der Waals surface area contributed by atoms with Gasteiger partial charge in [0.2, 0.25) is 0 Å². The van der Waals surface area contributed by atoms with E-state index < -0.39 is 10.2 Å². The lowest BCUT2D eigenvalue weighted by Gasteiger charge is -2.21. The summed E-state index contributed by atoms with van der Waals surface area (Å²) in [5.74, 6) is 0. The van der Waals surface area contributed by atoms with Gasteiger partial charge in [0, 0.05) is 18.5 Å². The van der Waals surface area contributed by atoms with Gasteiger partial charge in [-0.15, -0.1) is 11.3 Å². The maximum absolute atomic E-state index is 12.1. The third-order valence-corrected chi connectivity index (χ3v) is 5.25. The highest BCUT2D eigenvalue weighted by molar-refractivity contribution is 7.87. The second-order valence-corrected chi connectivity index (χ2v) is 6.85. The zero-order valence-corrected chi connectivity index (χ0v) is 12.4. The van der Waals surface area contributed by atoms with Gasteiger partial charge in [-0.25, -0.2) is 0 Å². The molecule has 0 saturated heterocycles. The van der Waals surface area contributed by atoms with Crippen molar-refractivity contribution in [2.45, 2.75) is 25.8 Å². The predicted molar refractivity (Wildman–Crippen MR) is 75.7 cm³/mol. The Morgan fingerprint density at radius 3 is 2.78 bits per heavy atom. The lowest BCUT2D eigenvalue weighted by Crippen LogP contribution is -2.40. The first-order chi connectivity index (χ1) is 8.51. The van der Waals surface area contributed by atoms with Gasteiger partial charge in [-0.1, -0.05) is 13.0 Å². The maximum atomic E-state index is 12.1. The van der Waals surface area contributed by atoms with Crippen molar-refractivity contribution in [2.75, 3.05) is 20.1 Å². The topological polar surface area (TPSA) is 75.4 Å². The molecule has 1 aromatic heterocycles. The number of nitrogens with one attached hydrogen (secondary N) is 1. The molecular formula is C11H21N3O2S2. The Labute approximate surface area is 113 Å². The van der Waals surface area contributed by atoms with E-state index >= 15 is 0 Å². The van der Waals surface area contributed by atoms with E-state index in [2.05, 4.69) is 4.72 Å². The summed E-state index contributed by atoms with van der Waals surface area (Å²) in [5, 5.41) is 1.95. The van der Waals surface area contributed by atoms with Crippen LogP contribution in [0.4, 0.5) is 0 Å². The van der Waals surface area contributed by atoms with Crippen LogP contribution in [0.25, 0.3) is 0 Å². The molecule has 0 bridgehead atoms. The maximum Gasteiger partial charge on any atom is 0.279 e. The highest BCUT2D eigenvalue weighted by Gasteiger charge is 2.22. The molecular weight excluding hydrogens is 270 g/mol. The van der Waals surface area contributed by atoms with Crippen LogP contribution in [-0.4, -0.2) is 32.9 Å². The van der Waals surface area contributed by atoms with Crippen molar-refractivity contribution in [3.05, 3.63) is 22.4 Å². The van der Waals surface area contributed by atoms with E-state index in [0.29, 0.717) is 19.5 Å². The minimum absolute atomic E-state index is 0.157. The van der Waals surface area contributed by atoms with Gasteiger partial charge in [-0.3, -0.25) is 0 Å². The molecule has 0 amide bonds. The average Bonchev–Trinajstić information content (AvgIpc) is 2.86. The van der Waals surface area contributed by atoms with Gasteiger partial charge in [-0.05, 0) is 30.8 Å². The zero-order chi connectivity index (χ0) is 13.6. The zero-order valence-electron chi connectivity index (χ0n) is 10.8. The molecule has 18 heavy (non-hydrogen) atoms. The van der Waals surface area contributed by atoms with Crippen LogP contribution >= 0.6 is 11.3 Å². The summed E-state index contributed by atoms with van der Waals surface area (Å²) < 4.78 is 28.2. The van der Waals surface area contributed by atoms with Crippen LogP contribution in [0.2, 0.25) is 0 Å². The molecule has 104 valence electrons. The van der Waals surface area contributed by atoms with Gasteiger partial charge in [0.25, 0.3) is 10.2 Å². The van der Waals surface area contributed by atoms with Crippen molar-refractivity contribution >= 4 is 21.5 Å². The average molecular weight is 291 g/mol. The lowest BCUT2D eigenvalue weighted by molar-refractivity contribution is 0.442. The smallest absolute Gasteiger partial charge is 0.279 e. The van der Waals surface area contributed by atoms with Crippen molar-refractivity contribution in [1.29, 1.82) is 0 Å². The number of hydrogen-bond acceptors (Lipinski definition) is 4. The molecule has 1 atom stereocenters. The summed E-state index contributed by atoms with van der Waals surface area (Å²) in [6.07, 6.45) is 1.39. The number of rotatable bonds is 8. The molecule has 1 heterocycles. The van der Waals surface area contributed by atoms with E-state index in [9.17, 15) is 8.42 Å². The molecule has 0 aromatic carbocycles. The fourth-order valence-corrected chi connectivity index (χ4v) is 3.67. The number of nitrogens with zero attached hydrogens (tertiary/aromatic N) is 1. The van der Waals surface area contributed by atoms with Crippen molar-refractivity contribution in [3.63, 3.8) is 0 Å². The Balaban J connectivity index is 2.68. The summed E-state index contributed by atoms with van der Waals surface area (Å²) in [6, 6.07) is 3.71. The molecule has 3 N–H and O–H groups in total. The second kappa shape index (κ2) is 7.20. The van der Waals surface area contributed by atoms with Crippen LogP contribution in [0.1, 0.15) is 30.7 Å². The van der Waals surface area contributed by atoms with Crippen LogP contribution < -0.4 is 10.5 Å². The lowest BCUT2D eigenvalue weighted by atomic mass is 10.2. The highest BCUT2D eigenvalue weighted by atomic mass is 32.2. The van der Waals surface area contributed by atoms with Crippen LogP contribution in [-0.2, 0) is 10.2 Å². The molecule has 0 fully saturated rings. The Bertz CT molecular complexity index is 431. The largest absolute Gasteiger partial charge is 0.330 e. The van der Waals surface area contributed by atoms with E-state index in [0.717, 1.165) is 11.3 Å². The second-order valence-electron chi connectivity index (χ2n) is 4.06. The molecule has 1 aromatic rings. The monoisotopic (exact) mass is 291 g/mol. The first-order valence-electron chi connectivity index (χ1n) is 5.98. The number of nitrogens with two attached hydrogens (primary N) is 1. The van der Waals surface area contributed by atoms with Crippen molar-refractivity contribution in [3.8, 4) is 0 Å². The number of thiophene rings is 1. The Morgan fingerprint density at radius 2 is 2.28 bits per heavy atom. The van der Waals surface area contributed by atoms with E-state index in [4.69, 9.17) is 5.73 Å². The summed E-state index contributed by atoms with van der Waals surface area (Å²) in [7, 11) is -1.87. The van der Waals surface area contributed by atoms with Gasteiger partial charge < -0.3 is 5.73 Å². The molecule has 1 unspecified atom stereocenters. The van der Waals surface area contributed by atoms with Crippen molar-refractivity contribution in [1.82, 2.24) is 9.03 Å². The first kappa shape index (κ1) is 15.6. The van der Waals surface area contributed by atoms with Gasteiger partial charge in [-0.2, -0.15) is 17.4 Å². The summed E-state index contributed by atoms with van der Waals surface area (Å²) in [5.41, 5.74) is 5.38. The predicted octanol–water partition coefficient (Wildman–Crippen LogP) is 1.31. The van der Waals surface area contributed by atoms with Gasteiger partial charge in [0.15, 0.2) is 0 Å². The van der Waals surface area contributed by atoms with Crippen molar-refractivity contribution in [2.24, 2.45) is 5.73 Å². The SMILES string of the molecule is CCC(NS(=O)(=O)N(C)CCCN)c1cccs1. The third-order valence-electron chi connectivity index (χ3n) is 2.67. The van der Waals surface area contributed by atoms with Crippen LogP contribution in [0.3, 0.4) is 0 Å². The molecule has 0 aliphatic carbocycles. The van der Waals surface area contributed by atoms with Gasteiger partial charge >= 0.3 is 0 Å². The fraction of sp³-hybridized carbons (Fsp3) is 0.636. The highest BCUT2D eigenvalue weighted by Crippen LogP contribution is 2.22. The molecule has 1 rings (SSSR count). The quantitative estimate of drug-likeness (QED) is 0.758. The number of hydrogen-bond donors (Lipinski definition) is 2. The Morgan fingerprint density at radius 1 is 1.56 bits per heavy atom. The molecule has 7 heteroatoms. The molecule has 0 saturated carbocycles.